The highest BCUT2D eigenvalue weighted by Gasteiger charge is 2.46. The highest BCUT2D eigenvalue weighted by molar-refractivity contribution is 5.94. The summed E-state index contributed by atoms with van der Waals surface area (Å²) in [5, 5.41) is 3.24. The maximum Gasteiger partial charge on any atom is 0.251 e. The molecule has 0 bridgehead atoms. The lowest BCUT2D eigenvalue weighted by Crippen LogP contribution is -2.44. The lowest BCUT2D eigenvalue weighted by Gasteiger charge is -2.34. The smallest absolute Gasteiger partial charge is 0.251 e. The van der Waals surface area contributed by atoms with Crippen LogP contribution in [0.25, 0.3) is 11.1 Å². The van der Waals surface area contributed by atoms with Crippen molar-refractivity contribution in [3.05, 3.63) is 113 Å². The van der Waals surface area contributed by atoms with Crippen LogP contribution in [0, 0.1) is 0 Å². The Morgan fingerprint density at radius 1 is 0.900 bits per heavy atom. The second-order valence-corrected chi connectivity index (χ2v) is 11.4. The summed E-state index contributed by atoms with van der Waals surface area (Å²) in [6.07, 6.45) is 8.39. The minimum Gasteiger partial charge on any atom is -0.349 e. The Morgan fingerprint density at radius 2 is 1.52 bits per heavy atom. The predicted octanol–water partition coefficient (Wildman–Crippen LogP) is 6.36. The van der Waals surface area contributed by atoms with E-state index < -0.39 is 0 Å². The third kappa shape index (κ3) is 4.77. The number of likely N-dealkylation sites (tertiary alicyclic amines) is 1. The van der Waals surface area contributed by atoms with Gasteiger partial charge in [0.05, 0.1) is 5.41 Å². The third-order valence-corrected chi connectivity index (χ3v) is 9.13. The number of hydrogen-bond acceptors (Lipinski definition) is 3. The lowest BCUT2D eigenvalue weighted by molar-refractivity contribution is 0.0910. The van der Waals surface area contributed by atoms with Crippen LogP contribution in [0.4, 0.5) is 0 Å². The van der Waals surface area contributed by atoms with Gasteiger partial charge in [0, 0.05) is 43.6 Å². The molecular weight excluding hydrogens is 492 g/mol. The van der Waals surface area contributed by atoms with Crippen molar-refractivity contribution >= 4 is 5.91 Å². The molecule has 2 heterocycles. The summed E-state index contributed by atoms with van der Waals surface area (Å²) in [6.45, 7) is 5.38. The van der Waals surface area contributed by atoms with Crippen LogP contribution in [0.1, 0.15) is 72.0 Å². The quantitative estimate of drug-likeness (QED) is 0.255. The number of imidazole rings is 1. The number of rotatable bonds is 9. The Hall–Kier alpha value is -3.70. The van der Waals surface area contributed by atoms with Gasteiger partial charge in [0.1, 0.15) is 5.82 Å². The first-order valence-electron chi connectivity index (χ1n) is 14.9. The second kappa shape index (κ2) is 11.4. The van der Waals surface area contributed by atoms with E-state index in [0.717, 1.165) is 69.5 Å². The molecule has 6 rings (SSSR count). The van der Waals surface area contributed by atoms with Crippen molar-refractivity contribution in [3.63, 3.8) is 0 Å². The molecule has 0 radical (unpaired) electrons. The molecule has 2 aliphatic rings. The molecule has 4 aromatic rings. The summed E-state index contributed by atoms with van der Waals surface area (Å²) < 4.78 is 2.34. The van der Waals surface area contributed by atoms with Crippen molar-refractivity contribution in [2.75, 3.05) is 19.6 Å². The van der Waals surface area contributed by atoms with Gasteiger partial charge in [-0.2, -0.15) is 0 Å². The Labute approximate surface area is 238 Å². The van der Waals surface area contributed by atoms with Crippen molar-refractivity contribution in [1.29, 1.82) is 0 Å². The van der Waals surface area contributed by atoms with E-state index in [4.69, 9.17) is 4.98 Å². The minimum atomic E-state index is -0.232. The summed E-state index contributed by atoms with van der Waals surface area (Å²) in [5.74, 6) is 1.21. The summed E-state index contributed by atoms with van der Waals surface area (Å²) in [7, 11) is 2.19. The summed E-state index contributed by atoms with van der Waals surface area (Å²) in [4.78, 5) is 20.2. The largest absolute Gasteiger partial charge is 0.349 e. The standard InChI is InChI=1S/C35H40N4O/c1-3-28-25-36-34(38(28)2)35(31-17-9-7-15-29(31)30-16-8-10-18-32(30)35)21-11-12-22-39-23-19-27(20-24-39)37-33(40)26-13-5-4-6-14-26/h4-10,13-18,25,27H,3,11-12,19-24H2,1-2H3,(H,37,40). The number of nitrogens with zero attached hydrogens (tertiary/aromatic N) is 3. The van der Waals surface area contributed by atoms with Crippen LogP contribution < -0.4 is 5.32 Å². The van der Waals surface area contributed by atoms with Crippen LogP contribution in [-0.4, -0.2) is 46.0 Å². The Bertz CT molecular complexity index is 1420. The van der Waals surface area contributed by atoms with E-state index in [1.807, 2.05) is 30.3 Å². The highest BCUT2D eigenvalue weighted by atomic mass is 16.1. The zero-order valence-corrected chi connectivity index (χ0v) is 23.8. The summed E-state index contributed by atoms with van der Waals surface area (Å²) in [5.41, 5.74) is 7.26. The maximum atomic E-state index is 12.6. The molecule has 40 heavy (non-hydrogen) atoms. The number of hydrogen-bond donors (Lipinski definition) is 1. The van der Waals surface area contributed by atoms with Gasteiger partial charge >= 0.3 is 0 Å². The fourth-order valence-electron chi connectivity index (χ4n) is 7.00. The summed E-state index contributed by atoms with van der Waals surface area (Å²) in [6, 6.07) is 27.7. The minimum absolute atomic E-state index is 0.0435. The molecule has 1 aromatic heterocycles. The van der Waals surface area contributed by atoms with Crippen LogP contribution in [0.2, 0.25) is 0 Å². The predicted molar refractivity (Wildman–Crippen MR) is 162 cm³/mol. The van der Waals surface area contributed by atoms with Crippen molar-refractivity contribution in [2.24, 2.45) is 7.05 Å². The molecule has 5 heteroatoms. The fraction of sp³-hybridized carbons (Fsp3) is 0.371. The number of carbonyl (C=O) groups is 1. The third-order valence-electron chi connectivity index (χ3n) is 9.13. The van der Waals surface area contributed by atoms with Gasteiger partial charge in [0.25, 0.3) is 5.91 Å². The van der Waals surface area contributed by atoms with E-state index in [2.05, 4.69) is 83.5 Å². The zero-order valence-electron chi connectivity index (χ0n) is 23.8. The first kappa shape index (κ1) is 26.5. The van der Waals surface area contributed by atoms with Gasteiger partial charge in [-0.25, -0.2) is 4.98 Å². The molecule has 3 aromatic carbocycles. The molecule has 206 valence electrons. The van der Waals surface area contributed by atoms with E-state index in [9.17, 15) is 4.79 Å². The van der Waals surface area contributed by atoms with Gasteiger partial charge in [-0.05, 0) is 73.0 Å². The summed E-state index contributed by atoms with van der Waals surface area (Å²) >= 11 is 0. The van der Waals surface area contributed by atoms with Crippen molar-refractivity contribution < 1.29 is 4.79 Å². The normalized spacial score (nSPS) is 16.4. The number of benzene rings is 3. The number of carbonyl (C=O) groups excluding carboxylic acids is 1. The van der Waals surface area contributed by atoms with E-state index in [0.29, 0.717) is 0 Å². The highest BCUT2D eigenvalue weighted by Crippen LogP contribution is 2.54. The van der Waals surface area contributed by atoms with Gasteiger partial charge in [-0.1, -0.05) is 80.1 Å². The molecular formula is C35H40N4O. The molecule has 1 aliphatic heterocycles. The zero-order chi connectivity index (χ0) is 27.5. The Balaban J connectivity index is 1.13. The van der Waals surface area contributed by atoms with Gasteiger partial charge in [0.15, 0.2) is 0 Å². The molecule has 0 saturated carbocycles. The molecule has 5 nitrogen and oxygen atoms in total. The lowest BCUT2D eigenvalue weighted by atomic mass is 9.73. The average Bonchev–Trinajstić information content (AvgIpc) is 3.52. The van der Waals surface area contributed by atoms with E-state index in [1.165, 1.54) is 27.9 Å². The van der Waals surface area contributed by atoms with E-state index in [1.54, 1.807) is 0 Å². The van der Waals surface area contributed by atoms with Gasteiger partial charge in [0.2, 0.25) is 0 Å². The van der Waals surface area contributed by atoms with Crippen molar-refractivity contribution in [1.82, 2.24) is 19.8 Å². The second-order valence-electron chi connectivity index (χ2n) is 11.4. The molecule has 1 amide bonds. The monoisotopic (exact) mass is 532 g/mol. The molecule has 0 unspecified atom stereocenters. The first-order chi connectivity index (χ1) is 19.6. The van der Waals surface area contributed by atoms with Crippen LogP contribution in [0.15, 0.2) is 85.1 Å². The van der Waals surface area contributed by atoms with Crippen molar-refractivity contribution in [3.8, 4) is 11.1 Å². The number of aromatic nitrogens is 2. The number of piperidine rings is 1. The number of fused-ring (bicyclic) bond motifs is 3. The number of amides is 1. The van der Waals surface area contributed by atoms with Gasteiger partial charge in [-0.15, -0.1) is 0 Å². The SMILES string of the molecule is CCc1cnc(C2(CCCCN3CCC(NC(=O)c4ccccc4)CC3)c3ccccc3-c3ccccc32)n1C. The van der Waals surface area contributed by atoms with Crippen molar-refractivity contribution in [2.45, 2.75) is 56.9 Å². The average molecular weight is 533 g/mol. The molecule has 1 N–H and O–H groups in total. The van der Waals surface area contributed by atoms with Crippen LogP contribution >= 0.6 is 0 Å². The molecule has 0 spiro atoms. The number of aryl methyl sites for hydroxylation is 1. The topological polar surface area (TPSA) is 50.2 Å². The van der Waals surface area contributed by atoms with Crippen LogP contribution in [0.3, 0.4) is 0 Å². The van der Waals surface area contributed by atoms with Gasteiger partial charge in [-0.3, -0.25) is 4.79 Å². The van der Waals surface area contributed by atoms with Crippen LogP contribution in [-0.2, 0) is 18.9 Å². The number of unbranched alkanes of at least 4 members (excludes halogenated alkanes) is 1. The van der Waals surface area contributed by atoms with Gasteiger partial charge < -0.3 is 14.8 Å². The fourth-order valence-corrected chi connectivity index (χ4v) is 7.00. The Morgan fingerprint density at radius 3 is 2.15 bits per heavy atom. The Kier molecular flexibility index (Phi) is 7.57. The van der Waals surface area contributed by atoms with Crippen LogP contribution in [0.5, 0.6) is 0 Å². The molecule has 1 saturated heterocycles. The van der Waals surface area contributed by atoms with E-state index >= 15 is 0 Å². The molecule has 0 atom stereocenters. The van der Waals surface area contributed by atoms with E-state index in [-0.39, 0.29) is 17.4 Å². The number of nitrogens with one attached hydrogen (secondary N) is 1. The first-order valence-corrected chi connectivity index (χ1v) is 14.9. The molecule has 1 aliphatic carbocycles. The molecule has 1 fully saturated rings. The maximum absolute atomic E-state index is 12.6.